The Morgan fingerprint density at radius 2 is 2.00 bits per heavy atom. The number of fused-ring (bicyclic) bond motifs is 1. The van der Waals surface area contributed by atoms with Crippen LogP contribution in [0.15, 0.2) is 47.4 Å². The van der Waals surface area contributed by atoms with Gasteiger partial charge in [-0.25, -0.2) is 4.98 Å². The first-order valence-corrected chi connectivity index (χ1v) is 7.90. The SMILES string of the molecule is CCc1cccc(C)c1NCc1cc(=O)n2cc(C)ccc2n1. The van der Waals surface area contributed by atoms with Crippen LogP contribution in [0.2, 0.25) is 0 Å². The molecule has 0 aliphatic rings. The molecule has 1 aromatic carbocycles. The van der Waals surface area contributed by atoms with Gasteiger partial charge in [0.25, 0.3) is 5.56 Å². The van der Waals surface area contributed by atoms with Gasteiger partial charge in [-0.15, -0.1) is 0 Å². The monoisotopic (exact) mass is 307 g/mol. The Balaban J connectivity index is 1.91. The van der Waals surface area contributed by atoms with Crippen molar-refractivity contribution < 1.29 is 0 Å². The van der Waals surface area contributed by atoms with E-state index in [-0.39, 0.29) is 5.56 Å². The van der Waals surface area contributed by atoms with Crippen LogP contribution < -0.4 is 10.9 Å². The highest BCUT2D eigenvalue weighted by molar-refractivity contribution is 5.57. The lowest BCUT2D eigenvalue weighted by atomic mass is 10.1. The molecule has 118 valence electrons. The summed E-state index contributed by atoms with van der Waals surface area (Å²) in [4.78, 5) is 16.8. The Bertz CT molecular complexity index is 912. The molecule has 0 fully saturated rings. The lowest BCUT2D eigenvalue weighted by Crippen LogP contribution is -2.17. The molecule has 0 aliphatic carbocycles. The number of rotatable bonds is 4. The molecule has 23 heavy (non-hydrogen) atoms. The molecule has 0 saturated carbocycles. The number of hydrogen-bond acceptors (Lipinski definition) is 3. The minimum atomic E-state index is -0.0454. The smallest absolute Gasteiger partial charge is 0.258 e. The largest absolute Gasteiger partial charge is 0.379 e. The Kier molecular flexibility index (Phi) is 4.15. The van der Waals surface area contributed by atoms with Crippen LogP contribution in [0.1, 0.15) is 29.3 Å². The van der Waals surface area contributed by atoms with Crippen LogP contribution in [0.4, 0.5) is 5.69 Å². The summed E-state index contributed by atoms with van der Waals surface area (Å²) >= 11 is 0. The molecule has 0 spiro atoms. The first kappa shape index (κ1) is 15.3. The van der Waals surface area contributed by atoms with Gasteiger partial charge in [0.1, 0.15) is 5.65 Å². The van der Waals surface area contributed by atoms with E-state index in [1.54, 1.807) is 10.5 Å². The zero-order valence-corrected chi connectivity index (χ0v) is 13.8. The minimum Gasteiger partial charge on any atom is -0.379 e. The second-order valence-electron chi connectivity index (χ2n) is 5.84. The summed E-state index contributed by atoms with van der Waals surface area (Å²) in [5, 5.41) is 3.44. The van der Waals surface area contributed by atoms with Crippen LogP contribution in [0.25, 0.3) is 5.65 Å². The van der Waals surface area contributed by atoms with Crippen LogP contribution in [-0.4, -0.2) is 9.38 Å². The van der Waals surface area contributed by atoms with E-state index in [0.29, 0.717) is 12.2 Å². The fourth-order valence-corrected chi connectivity index (χ4v) is 2.80. The Morgan fingerprint density at radius 3 is 2.78 bits per heavy atom. The summed E-state index contributed by atoms with van der Waals surface area (Å²) in [6, 6.07) is 11.7. The lowest BCUT2D eigenvalue weighted by molar-refractivity contribution is 0.961. The van der Waals surface area contributed by atoms with Crippen molar-refractivity contribution in [3.8, 4) is 0 Å². The third-order valence-electron chi connectivity index (χ3n) is 4.05. The molecule has 4 heteroatoms. The van der Waals surface area contributed by atoms with Gasteiger partial charge in [-0.3, -0.25) is 9.20 Å². The standard InChI is InChI=1S/C19H21N3O/c1-4-15-7-5-6-14(3)19(15)20-11-16-10-18(23)22-12-13(2)8-9-17(22)21-16/h5-10,12,20H,4,11H2,1-3H3. The fourth-order valence-electron chi connectivity index (χ4n) is 2.80. The summed E-state index contributed by atoms with van der Waals surface area (Å²) in [7, 11) is 0. The number of aromatic nitrogens is 2. The van der Waals surface area contributed by atoms with E-state index in [9.17, 15) is 4.79 Å². The van der Waals surface area contributed by atoms with Crippen LogP contribution in [0, 0.1) is 13.8 Å². The van der Waals surface area contributed by atoms with Gasteiger partial charge >= 0.3 is 0 Å². The van der Waals surface area contributed by atoms with E-state index in [1.807, 2.05) is 25.3 Å². The molecule has 0 atom stereocenters. The average molecular weight is 307 g/mol. The Labute approximate surface area is 135 Å². The molecular formula is C19H21N3O. The molecule has 2 aromatic heterocycles. The maximum Gasteiger partial charge on any atom is 0.258 e. The summed E-state index contributed by atoms with van der Waals surface area (Å²) in [5.74, 6) is 0. The fraction of sp³-hybridized carbons (Fsp3) is 0.263. The predicted octanol–water partition coefficient (Wildman–Crippen LogP) is 3.49. The molecule has 0 amide bonds. The second kappa shape index (κ2) is 6.24. The number of nitrogens with zero attached hydrogens (tertiary/aromatic N) is 2. The molecule has 4 nitrogen and oxygen atoms in total. The summed E-state index contributed by atoms with van der Waals surface area (Å²) in [5.41, 5.74) is 6.05. The third-order valence-corrected chi connectivity index (χ3v) is 4.05. The number of para-hydroxylation sites is 1. The number of benzene rings is 1. The van der Waals surface area contributed by atoms with Crippen LogP contribution in [-0.2, 0) is 13.0 Å². The van der Waals surface area contributed by atoms with Crippen molar-refractivity contribution in [2.45, 2.75) is 33.7 Å². The zero-order valence-electron chi connectivity index (χ0n) is 13.8. The van der Waals surface area contributed by atoms with Crippen LogP contribution >= 0.6 is 0 Å². The van der Waals surface area contributed by atoms with E-state index in [0.717, 1.165) is 23.4 Å². The maximum absolute atomic E-state index is 12.2. The van der Waals surface area contributed by atoms with Gasteiger partial charge in [-0.1, -0.05) is 31.2 Å². The van der Waals surface area contributed by atoms with Gasteiger partial charge < -0.3 is 5.32 Å². The van der Waals surface area contributed by atoms with E-state index >= 15 is 0 Å². The highest BCUT2D eigenvalue weighted by Crippen LogP contribution is 2.21. The number of aryl methyl sites for hydroxylation is 3. The van der Waals surface area contributed by atoms with Crippen molar-refractivity contribution in [1.29, 1.82) is 0 Å². The number of anilines is 1. The molecule has 0 bridgehead atoms. The predicted molar refractivity (Wildman–Crippen MR) is 94.1 cm³/mol. The molecular weight excluding hydrogens is 286 g/mol. The van der Waals surface area contributed by atoms with Gasteiger partial charge in [-0.2, -0.15) is 0 Å². The molecule has 0 aliphatic heterocycles. The van der Waals surface area contributed by atoms with Gasteiger partial charge in [0.05, 0.1) is 12.2 Å². The lowest BCUT2D eigenvalue weighted by Gasteiger charge is -2.14. The Hall–Kier alpha value is -2.62. The highest BCUT2D eigenvalue weighted by Gasteiger charge is 2.06. The quantitative estimate of drug-likeness (QED) is 0.802. The van der Waals surface area contributed by atoms with E-state index < -0.39 is 0 Å². The number of hydrogen-bond donors (Lipinski definition) is 1. The van der Waals surface area contributed by atoms with Crippen LogP contribution in [0.3, 0.4) is 0 Å². The van der Waals surface area contributed by atoms with Crippen LogP contribution in [0.5, 0.6) is 0 Å². The molecule has 3 aromatic rings. The molecule has 2 heterocycles. The maximum atomic E-state index is 12.2. The van der Waals surface area contributed by atoms with Gasteiger partial charge in [-0.05, 0) is 43.0 Å². The molecule has 1 N–H and O–H groups in total. The first-order valence-electron chi connectivity index (χ1n) is 7.90. The Morgan fingerprint density at radius 1 is 1.17 bits per heavy atom. The second-order valence-corrected chi connectivity index (χ2v) is 5.84. The first-order chi connectivity index (χ1) is 11.1. The van der Waals surface area contributed by atoms with Crippen molar-refractivity contribution in [3.05, 3.63) is 75.3 Å². The average Bonchev–Trinajstić information content (AvgIpc) is 2.54. The van der Waals surface area contributed by atoms with E-state index in [1.165, 1.54) is 11.1 Å². The summed E-state index contributed by atoms with van der Waals surface area (Å²) in [6.07, 6.45) is 2.79. The van der Waals surface area contributed by atoms with Crippen molar-refractivity contribution in [2.75, 3.05) is 5.32 Å². The molecule has 0 unspecified atom stereocenters. The topological polar surface area (TPSA) is 46.4 Å². The van der Waals surface area contributed by atoms with Crippen molar-refractivity contribution in [2.24, 2.45) is 0 Å². The van der Waals surface area contributed by atoms with Crippen molar-refractivity contribution in [3.63, 3.8) is 0 Å². The van der Waals surface area contributed by atoms with E-state index in [2.05, 4.69) is 42.3 Å². The van der Waals surface area contributed by atoms with Crippen molar-refractivity contribution in [1.82, 2.24) is 9.38 Å². The molecule has 0 radical (unpaired) electrons. The van der Waals surface area contributed by atoms with Gasteiger partial charge in [0, 0.05) is 18.0 Å². The summed E-state index contributed by atoms with van der Waals surface area (Å²) in [6.45, 7) is 6.74. The van der Waals surface area contributed by atoms with E-state index in [4.69, 9.17) is 0 Å². The van der Waals surface area contributed by atoms with Crippen molar-refractivity contribution >= 4 is 11.3 Å². The normalized spacial score (nSPS) is 10.9. The van der Waals surface area contributed by atoms with Gasteiger partial charge in [0.15, 0.2) is 0 Å². The molecule has 3 rings (SSSR count). The minimum absolute atomic E-state index is 0.0454. The summed E-state index contributed by atoms with van der Waals surface area (Å²) < 4.78 is 1.59. The molecule has 0 saturated heterocycles. The number of pyridine rings is 1. The zero-order chi connectivity index (χ0) is 16.4. The number of nitrogens with one attached hydrogen (secondary N) is 1. The van der Waals surface area contributed by atoms with Gasteiger partial charge in [0.2, 0.25) is 0 Å². The highest BCUT2D eigenvalue weighted by atomic mass is 16.1. The third kappa shape index (κ3) is 3.11.